The summed E-state index contributed by atoms with van der Waals surface area (Å²) in [5, 5.41) is 19.1. The molecule has 0 saturated heterocycles. The van der Waals surface area contributed by atoms with Gasteiger partial charge in [-0.15, -0.1) is 20.4 Å². The Bertz CT molecular complexity index is 1220. The third-order valence-electron chi connectivity index (χ3n) is 6.17. The van der Waals surface area contributed by atoms with Crippen LogP contribution in [0.2, 0.25) is 5.02 Å². The van der Waals surface area contributed by atoms with Crippen molar-refractivity contribution in [1.82, 2.24) is 30.0 Å². The molecule has 3 aromatic rings. The van der Waals surface area contributed by atoms with E-state index in [9.17, 15) is 4.79 Å². The van der Waals surface area contributed by atoms with Gasteiger partial charge in [0.15, 0.2) is 5.82 Å². The van der Waals surface area contributed by atoms with Crippen molar-refractivity contribution in [2.45, 2.75) is 77.2 Å². The number of hydrogen-bond donors (Lipinski definition) is 0. The number of fused-ring (bicyclic) bond motifs is 3. The Labute approximate surface area is 214 Å². The smallest absolute Gasteiger partial charge is 0.473 e. The van der Waals surface area contributed by atoms with Crippen LogP contribution in [-0.2, 0) is 22.7 Å². The van der Waals surface area contributed by atoms with E-state index < -0.39 is 11.8 Å². The summed E-state index contributed by atoms with van der Waals surface area (Å²) in [4.78, 5) is 17.9. The highest BCUT2D eigenvalue weighted by Gasteiger charge is 2.32. The second-order valence-electron chi connectivity index (χ2n) is 10.1. The molecular formula is C25H29ClN6O4. The summed E-state index contributed by atoms with van der Waals surface area (Å²) in [7, 11) is 0. The number of rotatable bonds is 4. The Morgan fingerprint density at radius 2 is 1.86 bits per heavy atom. The van der Waals surface area contributed by atoms with Gasteiger partial charge in [-0.3, -0.25) is 4.57 Å². The molecule has 0 bridgehead atoms. The van der Waals surface area contributed by atoms with Crippen LogP contribution < -0.4 is 4.74 Å². The largest absolute Gasteiger partial charge is 0.528 e. The molecule has 3 heterocycles. The Morgan fingerprint density at radius 1 is 1.06 bits per heavy atom. The van der Waals surface area contributed by atoms with E-state index in [0.29, 0.717) is 23.3 Å². The van der Waals surface area contributed by atoms with Crippen molar-refractivity contribution in [2.24, 2.45) is 0 Å². The van der Waals surface area contributed by atoms with Gasteiger partial charge in [0.1, 0.15) is 17.5 Å². The third kappa shape index (κ3) is 5.60. The topological polar surface area (TPSA) is 104 Å². The van der Waals surface area contributed by atoms with Crippen LogP contribution in [0.25, 0.3) is 5.69 Å². The van der Waals surface area contributed by atoms with Gasteiger partial charge < -0.3 is 14.3 Å². The van der Waals surface area contributed by atoms with Crippen molar-refractivity contribution in [3.05, 3.63) is 58.8 Å². The molecule has 190 valence electrons. The number of hydrogen-bond acceptors (Lipinski definition) is 9. The van der Waals surface area contributed by atoms with Gasteiger partial charge in [0.2, 0.25) is 5.88 Å². The lowest BCUT2D eigenvalue weighted by Crippen LogP contribution is -2.31. The van der Waals surface area contributed by atoms with E-state index in [0.717, 1.165) is 42.8 Å². The minimum absolute atomic E-state index is 0.0910. The molecule has 11 heteroatoms. The first-order chi connectivity index (χ1) is 17.2. The predicted octanol–water partition coefficient (Wildman–Crippen LogP) is 5.00. The molecule has 1 aliphatic carbocycles. The van der Waals surface area contributed by atoms with Crippen LogP contribution in [0, 0.1) is 0 Å². The summed E-state index contributed by atoms with van der Waals surface area (Å²) in [6, 6.07) is 9.34. The Morgan fingerprint density at radius 3 is 2.58 bits per heavy atom. The fourth-order valence-corrected chi connectivity index (χ4v) is 4.86. The lowest BCUT2D eigenvalue weighted by molar-refractivity contribution is -0.155. The van der Waals surface area contributed by atoms with Crippen molar-refractivity contribution >= 4 is 17.8 Å². The standard InChI is InChI=1S/C25H29ClN6O4/c1-25(2,3)35-24(33)36-31-14-17-13-18(26)8-11-20(17)32-21(15-31)28-30-23(32)16-6-9-19(10-7-16)34-22-5-4-12-27-29-22/h4-5,8,11-13,16,19H,6-7,9-10,14-15H2,1-3H3/t16-,19-. The summed E-state index contributed by atoms with van der Waals surface area (Å²) in [5.41, 5.74) is 1.18. The Hall–Kier alpha value is -3.24. The van der Waals surface area contributed by atoms with Crippen molar-refractivity contribution in [3.63, 3.8) is 0 Å². The van der Waals surface area contributed by atoms with E-state index in [4.69, 9.17) is 25.9 Å². The minimum atomic E-state index is -0.763. The zero-order valence-corrected chi connectivity index (χ0v) is 21.3. The van der Waals surface area contributed by atoms with E-state index in [-0.39, 0.29) is 18.6 Å². The first-order valence-corrected chi connectivity index (χ1v) is 12.5. The van der Waals surface area contributed by atoms with Crippen LogP contribution in [-0.4, -0.2) is 47.9 Å². The van der Waals surface area contributed by atoms with Gasteiger partial charge in [-0.25, -0.2) is 4.79 Å². The average Bonchev–Trinajstić information content (AvgIpc) is 3.15. The van der Waals surface area contributed by atoms with Gasteiger partial charge in [-0.2, -0.15) is 5.10 Å². The number of hydroxylamine groups is 2. The lowest BCUT2D eigenvalue weighted by Gasteiger charge is -2.28. The summed E-state index contributed by atoms with van der Waals surface area (Å²) < 4.78 is 13.4. The van der Waals surface area contributed by atoms with Gasteiger partial charge in [0.25, 0.3) is 0 Å². The fourth-order valence-electron chi connectivity index (χ4n) is 4.66. The molecule has 36 heavy (non-hydrogen) atoms. The first-order valence-electron chi connectivity index (χ1n) is 12.1. The van der Waals surface area contributed by atoms with E-state index in [1.807, 2.05) is 30.3 Å². The fraction of sp³-hybridized carbons (Fsp3) is 0.480. The van der Waals surface area contributed by atoms with Crippen LogP contribution in [0.4, 0.5) is 4.79 Å². The van der Waals surface area contributed by atoms with E-state index in [2.05, 4.69) is 25.0 Å². The molecule has 1 fully saturated rings. The molecule has 1 aliphatic heterocycles. The number of benzene rings is 1. The van der Waals surface area contributed by atoms with Gasteiger partial charge >= 0.3 is 6.16 Å². The minimum Gasteiger partial charge on any atom is -0.473 e. The van der Waals surface area contributed by atoms with Crippen LogP contribution >= 0.6 is 11.6 Å². The highest BCUT2D eigenvalue weighted by molar-refractivity contribution is 6.30. The predicted molar refractivity (Wildman–Crippen MR) is 131 cm³/mol. The average molecular weight is 513 g/mol. The molecule has 0 radical (unpaired) electrons. The maximum atomic E-state index is 12.4. The number of nitrogens with zero attached hydrogens (tertiary/aromatic N) is 6. The Kier molecular flexibility index (Phi) is 6.81. The molecule has 0 unspecified atom stereocenters. The number of halogens is 1. The molecule has 0 spiro atoms. The molecule has 1 aromatic carbocycles. The van der Waals surface area contributed by atoms with Gasteiger partial charge in [0.05, 0.1) is 18.8 Å². The molecule has 2 aliphatic rings. The zero-order chi connectivity index (χ0) is 25.3. The monoisotopic (exact) mass is 512 g/mol. The summed E-state index contributed by atoms with van der Waals surface area (Å²) in [6.07, 6.45) is 4.53. The maximum absolute atomic E-state index is 12.4. The number of aromatic nitrogens is 5. The van der Waals surface area contributed by atoms with Crippen LogP contribution in [0.1, 0.15) is 69.6 Å². The number of carbonyl (C=O) groups is 1. The lowest BCUT2D eigenvalue weighted by atomic mass is 9.86. The zero-order valence-electron chi connectivity index (χ0n) is 20.6. The quantitative estimate of drug-likeness (QED) is 0.446. The molecule has 5 rings (SSSR count). The Balaban J connectivity index is 1.36. The van der Waals surface area contributed by atoms with Crippen LogP contribution in [0.5, 0.6) is 5.88 Å². The molecule has 10 nitrogen and oxygen atoms in total. The second-order valence-corrected chi connectivity index (χ2v) is 10.5. The second kappa shape index (κ2) is 10.0. The number of ether oxygens (including phenoxy) is 2. The highest BCUT2D eigenvalue weighted by Crippen LogP contribution is 2.37. The molecule has 0 atom stereocenters. The van der Waals surface area contributed by atoms with Crippen molar-refractivity contribution in [3.8, 4) is 11.6 Å². The van der Waals surface area contributed by atoms with Crippen LogP contribution in [0.15, 0.2) is 36.5 Å². The third-order valence-corrected chi connectivity index (χ3v) is 6.40. The SMILES string of the molecule is CC(C)(C)OC(=O)ON1Cc2cc(Cl)ccc2-n2c(nnc2[C@H]2CC[C@H](Oc3cccnn3)CC2)C1. The van der Waals surface area contributed by atoms with Crippen molar-refractivity contribution in [2.75, 3.05) is 0 Å². The van der Waals surface area contributed by atoms with Gasteiger partial charge in [0, 0.05) is 23.2 Å². The molecular weight excluding hydrogens is 484 g/mol. The molecule has 1 saturated carbocycles. The highest BCUT2D eigenvalue weighted by atomic mass is 35.5. The van der Waals surface area contributed by atoms with Crippen molar-refractivity contribution < 1.29 is 19.1 Å². The summed E-state index contributed by atoms with van der Waals surface area (Å²) in [5.74, 6) is 2.35. The van der Waals surface area contributed by atoms with E-state index in [1.54, 1.807) is 27.0 Å². The van der Waals surface area contributed by atoms with E-state index in [1.165, 1.54) is 5.06 Å². The van der Waals surface area contributed by atoms with Gasteiger partial charge in [-0.05, 0) is 76.3 Å². The summed E-state index contributed by atoms with van der Waals surface area (Å²) >= 11 is 6.33. The maximum Gasteiger partial charge on any atom is 0.528 e. The van der Waals surface area contributed by atoms with E-state index >= 15 is 0 Å². The van der Waals surface area contributed by atoms with Crippen LogP contribution in [0.3, 0.4) is 0 Å². The molecule has 0 N–H and O–H groups in total. The molecule has 0 amide bonds. The summed E-state index contributed by atoms with van der Waals surface area (Å²) in [6.45, 7) is 5.99. The number of carbonyl (C=O) groups excluding carboxylic acids is 1. The van der Waals surface area contributed by atoms with Gasteiger partial charge in [-0.1, -0.05) is 11.6 Å². The normalized spacial score (nSPS) is 20.1. The first kappa shape index (κ1) is 24.5. The molecule has 2 aromatic heterocycles. The van der Waals surface area contributed by atoms with Crippen molar-refractivity contribution in [1.29, 1.82) is 0 Å².